The lowest BCUT2D eigenvalue weighted by Crippen LogP contribution is -2.16. The minimum Gasteiger partial charge on any atom is -0.292 e. The first-order chi connectivity index (χ1) is 10.0. The van der Waals surface area contributed by atoms with Gasteiger partial charge >= 0.3 is 0 Å². The van der Waals surface area contributed by atoms with E-state index < -0.39 is 8.07 Å². The number of hydrogen-bond acceptors (Lipinski definition) is 1. The van der Waals surface area contributed by atoms with E-state index in [2.05, 4.69) is 47.6 Å². The van der Waals surface area contributed by atoms with Crippen molar-refractivity contribution < 1.29 is 0 Å². The zero-order valence-electron chi connectivity index (χ0n) is 12.6. The second-order valence-electron chi connectivity index (χ2n) is 6.10. The topological polar surface area (TPSA) is 17.3 Å². The summed E-state index contributed by atoms with van der Waals surface area (Å²) in [4.78, 5) is 4.76. The third kappa shape index (κ3) is 2.91. The van der Waals surface area contributed by atoms with Crippen LogP contribution in [0.4, 0.5) is 0 Å². The molecule has 0 unspecified atom stereocenters. The number of hydrogen-bond donors (Lipinski definition) is 0. The van der Waals surface area contributed by atoms with E-state index in [0.717, 1.165) is 22.6 Å². The molecule has 3 aromatic rings. The van der Waals surface area contributed by atoms with Crippen LogP contribution in [-0.2, 0) is 0 Å². The van der Waals surface area contributed by atoms with Gasteiger partial charge in [0.15, 0.2) is 0 Å². The Morgan fingerprint density at radius 1 is 0.952 bits per heavy atom. The molecule has 0 aliphatic heterocycles. The number of nitrogens with zero attached hydrogens (tertiary/aromatic N) is 2. The SMILES string of the molecule is C[Si](C)(C)C#Cc1c(-c2ccccc2)nc2ccccn12. The molecule has 0 spiro atoms. The van der Waals surface area contributed by atoms with E-state index in [9.17, 15) is 0 Å². The van der Waals surface area contributed by atoms with Gasteiger partial charge in [-0.1, -0.05) is 62.0 Å². The number of benzene rings is 1. The number of rotatable bonds is 1. The molecule has 1 aromatic carbocycles. The van der Waals surface area contributed by atoms with Gasteiger partial charge in [-0.15, -0.1) is 5.54 Å². The van der Waals surface area contributed by atoms with Crippen LogP contribution in [0.1, 0.15) is 5.69 Å². The predicted octanol–water partition coefficient (Wildman–Crippen LogP) is 4.23. The summed E-state index contributed by atoms with van der Waals surface area (Å²) in [6, 6.07) is 16.3. The minimum atomic E-state index is -1.43. The molecule has 3 rings (SSSR count). The van der Waals surface area contributed by atoms with Crippen LogP contribution in [0, 0.1) is 11.5 Å². The van der Waals surface area contributed by atoms with Crippen molar-refractivity contribution >= 4 is 13.7 Å². The Morgan fingerprint density at radius 3 is 2.38 bits per heavy atom. The van der Waals surface area contributed by atoms with Crippen molar-refractivity contribution in [2.75, 3.05) is 0 Å². The highest BCUT2D eigenvalue weighted by Crippen LogP contribution is 2.23. The van der Waals surface area contributed by atoms with E-state index in [1.165, 1.54) is 0 Å². The molecular formula is C18H18N2Si. The second-order valence-corrected chi connectivity index (χ2v) is 10.9. The number of aromatic nitrogens is 2. The Labute approximate surface area is 126 Å². The van der Waals surface area contributed by atoms with Gasteiger partial charge in [-0.05, 0) is 12.1 Å². The number of fused-ring (bicyclic) bond motifs is 1. The molecule has 3 heteroatoms. The smallest absolute Gasteiger partial charge is 0.138 e. The zero-order valence-corrected chi connectivity index (χ0v) is 13.6. The van der Waals surface area contributed by atoms with Crippen molar-refractivity contribution in [3.63, 3.8) is 0 Å². The molecule has 0 fully saturated rings. The summed E-state index contributed by atoms with van der Waals surface area (Å²) in [5.41, 5.74) is 7.46. The summed E-state index contributed by atoms with van der Waals surface area (Å²) in [6.45, 7) is 6.77. The van der Waals surface area contributed by atoms with Crippen molar-refractivity contribution in [2.24, 2.45) is 0 Å². The Hall–Kier alpha value is -2.31. The van der Waals surface area contributed by atoms with Crippen LogP contribution in [0.2, 0.25) is 19.6 Å². The average Bonchev–Trinajstić information content (AvgIpc) is 2.84. The van der Waals surface area contributed by atoms with Crippen molar-refractivity contribution in [3.05, 3.63) is 60.4 Å². The second kappa shape index (κ2) is 5.23. The maximum absolute atomic E-state index is 4.76. The molecule has 0 atom stereocenters. The van der Waals surface area contributed by atoms with Crippen molar-refractivity contribution in [2.45, 2.75) is 19.6 Å². The molecule has 0 N–H and O–H groups in total. The van der Waals surface area contributed by atoms with Gasteiger partial charge in [0.1, 0.15) is 25.1 Å². The van der Waals surface area contributed by atoms with E-state index in [4.69, 9.17) is 4.98 Å². The number of pyridine rings is 1. The third-order valence-corrected chi connectivity index (χ3v) is 4.01. The van der Waals surface area contributed by atoms with E-state index in [-0.39, 0.29) is 0 Å². The summed E-state index contributed by atoms with van der Waals surface area (Å²) >= 11 is 0. The van der Waals surface area contributed by atoms with Crippen LogP contribution >= 0.6 is 0 Å². The van der Waals surface area contributed by atoms with Gasteiger partial charge in [0.25, 0.3) is 0 Å². The average molecular weight is 290 g/mol. The van der Waals surface area contributed by atoms with Crippen LogP contribution in [0.5, 0.6) is 0 Å². The molecule has 0 aliphatic carbocycles. The molecule has 0 saturated carbocycles. The van der Waals surface area contributed by atoms with E-state index in [0.29, 0.717) is 0 Å². The highest BCUT2D eigenvalue weighted by molar-refractivity contribution is 6.83. The monoisotopic (exact) mass is 290 g/mol. The molecule has 2 aromatic heterocycles. The van der Waals surface area contributed by atoms with Crippen LogP contribution in [0.25, 0.3) is 16.9 Å². The molecule has 0 aliphatic rings. The van der Waals surface area contributed by atoms with Gasteiger partial charge in [-0.3, -0.25) is 4.40 Å². The normalized spacial score (nSPS) is 11.2. The molecule has 0 saturated heterocycles. The molecular weight excluding hydrogens is 272 g/mol. The highest BCUT2D eigenvalue weighted by Gasteiger charge is 2.13. The molecule has 0 bridgehead atoms. The van der Waals surface area contributed by atoms with E-state index in [1.54, 1.807) is 0 Å². The zero-order chi connectivity index (χ0) is 14.9. The van der Waals surface area contributed by atoms with Crippen LogP contribution in [0.3, 0.4) is 0 Å². The van der Waals surface area contributed by atoms with E-state index >= 15 is 0 Å². The summed E-state index contributed by atoms with van der Waals surface area (Å²) < 4.78 is 2.08. The lowest BCUT2D eigenvalue weighted by Gasteiger charge is -2.04. The Bertz CT molecular complexity index is 830. The fraction of sp³-hybridized carbons (Fsp3) is 0.167. The van der Waals surface area contributed by atoms with Crippen LogP contribution in [0.15, 0.2) is 54.7 Å². The fourth-order valence-corrected chi connectivity index (χ4v) is 2.65. The third-order valence-electron chi connectivity index (χ3n) is 3.13. The van der Waals surface area contributed by atoms with Crippen LogP contribution < -0.4 is 0 Å². The Kier molecular flexibility index (Phi) is 3.40. The van der Waals surface area contributed by atoms with Crippen LogP contribution in [-0.4, -0.2) is 17.5 Å². The predicted molar refractivity (Wildman–Crippen MR) is 90.9 cm³/mol. The van der Waals surface area contributed by atoms with Gasteiger partial charge < -0.3 is 0 Å². The molecule has 0 amide bonds. The quantitative estimate of drug-likeness (QED) is 0.484. The summed E-state index contributed by atoms with van der Waals surface area (Å²) in [5, 5.41) is 0. The molecule has 21 heavy (non-hydrogen) atoms. The lowest BCUT2D eigenvalue weighted by molar-refractivity contribution is 1.16. The first-order valence-corrected chi connectivity index (χ1v) is 10.6. The summed E-state index contributed by atoms with van der Waals surface area (Å²) in [6.07, 6.45) is 2.03. The molecule has 104 valence electrons. The van der Waals surface area contributed by atoms with Crippen molar-refractivity contribution in [1.82, 2.24) is 9.38 Å². The number of imidazole rings is 1. The van der Waals surface area contributed by atoms with E-state index in [1.807, 2.05) is 42.6 Å². The van der Waals surface area contributed by atoms with Gasteiger partial charge in [-0.2, -0.15) is 0 Å². The Morgan fingerprint density at radius 2 is 1.67 bits per heavy atom. The fourth-order valence-electron chi connectivity index (χ4n) is 2.16. The van der Waals surface area contributed by atoms with Gasteiger partial charge in [0, 0.05) is 11.8 Å². The highest BCUT2D eigenvalue weighted by atomic mass is 28.3. The summed E-state index contributed by atoms with van der Waals surface area (Å²) in [5.74, 6) is 3.39. The molecule has 0 radical (unpaired) electrons. The maximum atomic E-state index is 4.76. The maximum Gasteiger partial charge on any atom is 0.138 e. The molecule has 2 heterocycles. The van der Waals surface area contributed by atoms with Crippen molar-refractivity contribution in [3.8, 4) is 22.7 Å². The van der Waals surface area contributed by atoms with Crippen molar-refractivity contribution in [1.29, 1.82) is 0 Å². The molecule has 2 nitrogen and oxygen atoms in total. The summed E-state index contributed by atoms with van der Waals surface area (Å²) in [7, 11) is -1.43. The van der Waals surface area contributed by atoms with Gasteiger partial charge in [-0.25, -0.2) is 4.98 Å². The van der Waals surface area contributed by atoms with Gasteiger partial charge in [0.2, 0.25) is 0 Å². The largest absolute Gasteiger partial charge is 0.292 e. The van der Waals surface area contributed by atoms with Gasteiger partial charge in [0.05, 0.1) is 0 Å². The standard InChI is InChI=1S/C18H18N2Si/c1-21(2,3)14-12-16-18(15-9-5-4-6-10-15)19-17-11-7-8-13-20(16)17/h4-11,13H,1-3H3. The minimum absolute atomic E-state index is 0.941. The first-order valence-electron chi connectivity index (χ1n) is 7.10. The lowest BCUT2D eigenvalue weighted by atomic mass is 10.1. The first kappa shape index (κ1) is 13.7. The Balaban J connectivity index is 2.26.